The van der Waals surface area contributed by atoms with E-state index in [1.54, 1.807) is 4.52 Å². The van der Waals surface area contributed by atoms with Crippen LogP contribution in [-0.2, 0) is 6.42 Å². The Morgan fingerprint density at radius 2 is 2.00 bits per heavy atom. The molecule has 8 heteroatoms. The van der Waals surface area contributed by atoms with Crippen LogP contribution in [0.25, 0.3) is 4.96 Å². The van der Waals surface area contributed by atoms with Gasteiger partial charge in [0.1, 0.15) is 0 Å². The fraction of sp³-hybridized carbons (Fsp3) is 0.474. The molecule has 1 aliphatic rings. The molecular formula is C19H24BrN5OS. The maximum Gasteiger partial charge on any atom is 0.230 e. The lowest BCUT2D eigenvalue weighted by Gasteiger charge is -2.38. The van der Waals surface area contributed by atoms with E-state index in [0.717, 1.165) is 59.3 Å². The summed E-state index contributed by atoms with van der Waals surface area (Å²) in [4.78, 5) is 11.1. The van der Waals surface area contributed by atoms with Crippen LogP contribution in [0.2, 0.25) is 0 Å². The van der Waals surface area contributed by atoms with Crippen LogP contribution in [0.3, 0.4) is 0 Å². The molecule has 0 amide bonds. The minimum atomic E-state index is 0.0000765. The summed E-state index contributed by atoms with van der Waals surface area (Å²) in [5.74, 6) is 0.976. The van der Waals surface area contributed by atoms with Crippen LogP contribution in [0.5, 0.6) is 5.88 Å². The second kappa shape index (κ2) is 7.87. The Bertz CT molecular complexity index is 931. The molecule has 27 heavy (non-hydrogen) atoms. The molecular weight excluding hydrogens is 426 g/mol. The van der Waals surface area contributed by atoms with Gasteiger partial charge in [0.2, 0.25) is 10.8 Å². The maximum absolute atomic E-state index is 11.0. The third-order valence-electron chi connectivity index (χ3n) is 5.19. The van der Waals surface area contributed by atoms with Gasteiger partial charge in [-0.1, -0.05) is 53.2 Å². The molecule has 144 valence electrons. The Balaban J connectivity index is 1.76. The van der Waals surface area contributed by atoms with Gasteiger partial charge in [0, 0.05) is 37.1 Å². The Morgan fingerprint density at radius 1 is 1.22 bits per heavy atom. The number of halogens is 1. The molecule has 3 aromatic rings. The van der Waals surface area contributed by atoms with Gasteiger partial charge in [0.05, 0.1) is 10.9 Å². The molecule has 1 N–H and O–H groups in total. The summed E-state index contributed by atoms with van der Waals surface area (Å²) in [5, 5.41) is 15.4. The van der Waals surface area contributed by atoms with E-state index in [-0.39, 0.29) is 11.9 Å². The topological polar surface area (TPSA) is 56.9 Å². The predicted molar refractivity (Wildman–Crippen MR) is 112 cm³/mol. The fourth-order valence-corrected chi connectivity index (χ4v) is 5.21. The molecule has 1 aromatic carbocycles. The second-order valence-electron chi connectivity index (χ2n) is 6.79. The van der Waals surface area contributed by atoms with Crippen LogP contribution in [-0.4, -0.2) is 62.2 Å². The molecule has 1 aliphatic heterocycles. The predicted octanol–water partition coefficient (Wildman–Crippen LogP) is 3.55. The molecule has 1 saturated heterocycles. The van der Waals surface area contributed by atoms with Crippen molar-refractivity contribution < 1.29 is 5.11 Å². The highest BCUT2D eigenvalue weighted by molar-refractivity contribution is 9.10. The Kier molecular flexibility index (Phi) is 5.50. The average molecular weight is 450 g/mol. The van der Waals surface area contributed by atoms with E-state index < -0.39 is 0 Å². The zero-order chi connectivity index (χ0) is 19.0. The van der Waals surface area contributed by atoms with E-state index in [1.807, 2.05) is 13.0 Å². The van der Waals surface area contributed by atoms with E-state index in [0.29, 0.717) is 0 Å². The van der Waals surface area contributed by atoms with Crippen LogP contribution in [0.15, 0.2) is 28.7 Å². The number of aryl methyl sites for hydroxylation is 1. The molecule has 0 aliphatic carbocycles. The van der Waals surface area contributed by atoms with Gasteiger partial charge in [-0.05, 0) is 24.2 Å². The van der Waals surface area contributed by atoms with Gasteiger partial charge in [0.15, 0.2) is 5.82 Å². The summed E-state index contributed by atoms with van der Waals surface area (Å²) in [7, 11) is 0. The first kappa shape index (κ1) is 18.9. The Hall–Kier alpha value is -1.48. The molecule has 1 fully saturated rings. The maximum atomic E-state index is 11.0. The van der Waals surface area contributed by atoms with E-state index in [4.69, 9.17) is 0 Å². The van der Waals surface area contributed by atoms with Crippen molar-refractivity contribution in [3.8, 4) is 5.88 Å². The molecule has 0 saturated carbocycles. The number of fused-ring (bicyclic) bond motifs is 1. The number of thiazole rings is 1. The Morgan fingerprint density at radius 3 is 2.63 bits per heavy atom. The second-order valence-corrected chi connectivity index (χ2v) is 8.72. The number of rotatable bonds is 5. The summed E-state index contributed by atoms with van der Waals surface area (Å²) >= 11 is 5.13. The van der Waals surface area contributed by atoms with Gasteiger partial charge in [-0.3, -0.25) is 4.90 Å². The van der Waals surface area contributed by atoms with E-state index in [9.17, 15) is 5.11 Å². The first-order chi connectivity index (χ1) is 13.1. The SMILES string of the molecule is CCc1nc2sc(C(c3cccc(Br)c3)N3CCN(CC)CC3)c(O)n2n1. The lowest BCUT2D eigenvalue weighted by atomic mass is 10.0. The van der Waals surface area contributed by atoms with Gasteiger partial charge in [-0.25, -0.2) is 4.98 Å². The number of aromatic hydroxyl groups is 1. The quantitative estimate of drug-likeness (QED) is 0.645. The van der Waals surface area contributed by atoms with Crippen molar-refractivity contribution >= 4 is 32.2 Å². The van der Waals surface area contributed by atoms with Crippen molar-refractivity contribution in [2.45, 2.75) is 26.3 Å². The van der Waals surface area contributed by atoms with Crippen molar-refractivity contribution in [2.24, 2.45) is 0 Å². The van der Waals surface area contributed by atoms with E-state index in [2.05, 4.69) is 60.9 Å². The summed E-state index contributed by atoms with van der Waals surface area (Å²) in [6, 6.07) is 8.36. The first-order valence-corrected chi connectivity index (χ1v) is 11.0. The van der Waals surface area contributed by atoms with E-state index >= 15 is 0 Å². The molecule has 0 spiro atoms. The highest BCUT2D eigenvalue weighted by atomic mass is 79.9. The van der Waals surface area contributed by atoms with Crippen molar-refractivity contribution in [3.05, 3.63) is 45.0 Å². The minimum Gasteiger partial charge on any atom is -0.492 e. The molecule has 4 rings (SSSR count). The number of likely N-dealkylation sites (N-methyl/N-ethyl adjacent to an activating group) is 1. The molecule has 0 radical (unpaired) electrons. The van der Waals surface area contributed by atoms with Gasteiger partial charge >= 0.3 is 0 Å². The van der Waals surface area contributed by atoms with Crippen LogP contribution < -0.4 is 0 Å². The summed E-state index contributed by atoms with van der Waals surface area (Å²) in [6.45, 7) is 9.34. The lowest BCUT2D eigenvalue weighted by molar-refractivity contribution is 0.113. The highest BCUT2D eigenvalue weighted by Crippen LogP contribution is 2.40. The summed E-state index contributed by atoms with van der Waals surface area (Å²) in [5.41, 5.74) is 1.17. The summed E-state index contributed by atoms with van der Waals surface area (Å²) < 4.78 is 2.64. The normalized spacial score (nSPS) is 17.6. The molecule has 2 aromatic heterocycles. The number of aromatic nitrogens is 3. The van der Waals surface area contributed by atoms with Gasteiger partial charge in [0.25, 0.3) is 0 Å². The van der Waals surface area contributed by atoms with Crippen LogP contribution >= 0.6 is 27.3 Å². The van der Waals surface area contributed by atoms with Crippen LogP contribution in [0, 0.1) is 0 Å². The zero-order valence-corrected chi connectivity index (χ0v) is 18.0. The lowest BCUT2D eigenvalue weighted by Crippen LogP contribution is -2.47. The molecule has 3 heterocycles. The number of hydrogen-bond acceptors (Lipinski definition) is 6. The summed E-state index contributed by atoms with van der Waals surface area (Å²) in [6.07, 6.45) is 0.761. The average Bonchev–Trinajstić information content (AvgIpc) is 3.22. The number of nitrogens with zero attached hydrogens (tertiary/aromatic N) is 5. The number of hydrogen-bond donors (Lipinski definition) is 1. The smallest absolute Gasteiger partial charge is 0.230 e. The molecule has 0 bridgehead atoms. The first-order valence-electron chi connectivity index (χ1n) is 9.39. The van der Waals surface area contributed by atoms with Crippen LogP contribution in [0.1, 0.15) is 36.2 Å². The molecule has 6 nitrogen and oxygen atoms in total. The van der Waals surface area contributed by atoms with Crippen molar-refractivity contribution in [1.29, 1.82) is 0 Å². The number of benzene rings is 1. The molecule has 1 unspecified atom stereocenters. The van der Waals surface area contributed by atoms with Crippen LogP contribution in [0.4, 0.5) is 0 Å². The number of piperazine rings is 1. The zero-order valence-electron chi connectivity index (χ0n) is 15.6. The van der Waals surface area contributed by atoms with Crippen molar-refractivity contribution in [3.63, 3.8) is 0 Å². The minimum absolute atomic E-state index is 0.0000765. The third kappa shape index (κ3) is 3.63. The van der Waals surface area contributed by atoms with Gasteiger partial charge < -0.3 is 10.0 Å². The molecule has 1 atom stereocenters. The Labute approximate surface area is 171 Å². The van der Waals surface area contributed by atoms with Crippen molar-refractivity contribution in [2.75, 3.05) is 32.7 Å². The van der Waals surface area contributed by atoms with E-state index in [1.165, 1.54) is 16.9 Å². The highest BCUT2D eigenvalue weighted by Gasteiger charge is 2.31. The monoisotopic (exact) mass is 449 g/mol. The standard InChI is InChI=1S/C19H24BrN5OS/c1-3-15-21-19-25(22-15)18(26)17(27-19)16(13-6-5-7-14(20)12-13)24-10-8-23(4-2)9-11-24/h5-7,12,16,26H,3-4,8-11H2,1-2H3. The fourth-order valence-electron chi connectivity index (χ4n) is 3.66. The van der Waals surface area contributed by atoms with Gasteiger partial charge in [-0.15, -0.1) is 5.10 Å². The largest absolute Gasteiger partial charge is 0.492 e. The third-order valence-corrected chi connectivity index (χ3v) is 6.76. The van der Waals surface area contributed by atoms with Crippen molar-refractivity contribution in [1.82, 2.24) is 24.4 Å². The van der Waals surface area contributed by atoms with Gasteiger partial charge in [-0.2, -0.15) is 4.52 Å².